The summed E-state index contributed by atoms with van der Waals surface area (Å²) >= 11 is 0. The molecule has 3 aromatic rings. The van der Waals surface area contributed by atoms with Gasteiger partial charge in [0.2, 0.25) is 0 Å². The van der Waals surface area contributed by atoms with Crippen LogP contribution in [0.4, 0.5) is 24.7 Å². The van der Waals surface area contributed by atoms with Gasteiger partial charge >= 0.3 is 6.18 Å². The Balaban J connectivity index is 1.59. The van der Waals surface area contributed by atoms with E-state index in [4.69, 9.17) is 0 Å². The van der Waals surface area contributed by atoms with Crippen LogP contribution in [0.3, 0.4) is 0 Å². The van der Waals surface area contributed by atoms with E-state index in [1.807, 2.05) is 19.1 Å². The molecule has 2 aromatic carbocycles. The molecule has 0 radical (unpaired) electrons. The minimum atomic E-state index is -4.52. The van der Waals surface area contributed by atoms with Gasteiger partial charge in [-0.25, -0.2) is 4.68 Å². The number of aliphatic hydroxyl groups is 1. The van der Waals surface area contributed by atoms with Crippen molar-refractivity contribution in [3.8, 4) is 0 Å². The van der Waals surface area contributed by atoms with Crippen molar-refractivity contribution in [1.29, 1.82) is 0 Å². The highest BCUT2D eigenvalue weighted by molar-refractivity contribution is 6.03. The third-order valence-electron chi connectivity index (χ3n) is 5.55. The Bertz CT molecular complexity index is 1110. The van der Waals surface area contributed by atoms with E-state index in [9.17, 15) is 23.1 Å². The summed E-state index contributed by atoms with van der Waals surface area (Å²) < 4.78 is 42.3. The average Bonchev–Trinajstić information content (AvgIpc) is 3.17. The van der Waals surface area contributed by atoms with Gasteiger partial charge < -0.3 is 15.7 Å². The molecule has 3 N–H and O–H groups in total. The van der Waals surface area contributed by atoms with E-state index in [2.05, 4.69) is 15.7 Å². The normalized spacial score (nSPS) is 19.1. The summed E-state index contributed by atoms with van der Waals surface area (Å²) in [6, 6.07) is 12.8. The smallest absolute Gasteiger partial charge is 0.389 e. The van der Waals surface area contributed by atoms with Crippen LogP contribution in [-0.2, 0) is 0 Å². The monoisotopic (exact) mass is 444 g/mol. The maximum atomic E-state index is 13.8. The number of alkyl halides is 3. The number of nitrogens with one attached hydrogen (secondary N) is 2. The molecule has 0 spiro atoms. The molecule has 0 saturated heterocycles. The summed E-state index contributed by atoms with van der Waals surface area (Å²) in [5.74, 6) is -0.481. The standard InChI is InChI=1S/C23H23F3N4O2/c1-13-3-5-16(6-4-13)18-11-20(23(24,25)26)30-21(28-18)12-19(29-30)22(32)27-17-9-7-15(8-10-17)14(2)31/h3-10,12,14,18,20,28,31H,11H2,1-2H3,(H,27,32)/t14-,18-,20-/m0/s1. The molecule has 168 valence electrons. The third-order valence-corrected chi connectivity index (χ3v) is 5.55. The van der Waals surface area contributed by atoms with E-state index in [1.54, 1.807) is 43.3 Å². The molecule has 0 unspecified atom stereocenters. The lowest BCUT2D eigenvalue weighted by Crippen LogP contribution is -2.35. The quantitative estimate of drug-likeness (QED) is 0.520. The summed E-state index contributed by atoms with van der Waals surface area (Å²) in [4.78, 5) is 12.7. The van der Waals surface area contributed by atoms with Crippen molar-refractivity contribution in [1.82, 2.24) is 9.78 Å². The fraction of sp³-hybridized carbons (Fsp3) is 0.304. The molecule has 32 heavy (non-hydrogen) atoms. The Morgan fingerprint density at radius 2 is 1.84 bits per heavy atom. The fourth-order valence-corrected chi connectivity index (χ4v) is 3.74. The Hall–Kier alpha value is -3.33. The fourth-order valence-electron chi connectivity index (χ4n) is 3.74. The van der Waals surface area contributed by atoms with E-state index in [1.165, 1.54) is 6.07 Å². The number of benzene rings is 2. The van der Waals surface area contributed by atoms with Crippen molar-refractivity contribution in [2.24, 2.45) is 0 Å². The Morgan fingerprint density at radius 3 is 2.44 bits per heavy atom. The molecule has 0 fully saturated rings. The van der Waals surface area contributed by atoms with Gasteiger partial charge in [-0.3, -0.25) is 4.79 Å². The molecular formula is C23H23F3N4O2. The number of hydrogen-bond donors (Lipinski definition) is 3. The van der Waals surface area contributed by atoms with E-state index >= 15 is 0 Å². The number of aliphatic hydroxyl groups excluding tert-OH is 1. The minimum absolute atomic E-state index is 0.120. The molecule has 1 aliphatic heterocycles. The minimum Gasteiger partial charge on any atom is -0.389 e. The Morgan fingerprint density at radius 1 is 1.19 bits per heavy atom. The second-order valence-electron chi connectivity index (χ2n) is 8.01. The number of rotatable bonds is 4. The van der Waals surface area contributed by atoms with Crippen LogP contribution in [0.5, 0.6) is 0 Å². The zero-order valence-electron chi connectivity index (χ0n) is 17.5. The molecule has 2 heterocycles. The number of hydrogen-bond acceptors (Lipinski definition) is 4. The first-order valence-corrected chi connectivity index (χ1v) is 10.2. The van der Waals surface area contributed by atoms with Gasteiger partial charge in [0.05, 0.1) is 12.1 Å². The van der Waals surface area contributed by atoms with Gasteiger partial charge in [0.25, 0.3) is 5.91 Å². The number of fused-ring (bicyclic) bond motifs is 1. The Kier molecular flexibility index (Phi) is 5.68. The first kappa shape index (κ1) is 21.9. The lowest BCUT2D eigenvalue weighted by atomic mass is 9.96. The molecule has 3 atom stereocenters. The largest absolute Gasteiger partial charge is 0.410 e. The van der Waals surface area contributed by atoms with Gasteiger partial charge in [0.1, 0.15) is 5.82 Å². The number of anilines is 2. The number of carbonyl (C=O) groups excluding carboxylic acids is 1. The number of amides is 1. The third kappa shape index (κ3) is 4.47. The predicted molar refractivity (Wildman–Crippen MR) is 115 cm³/mol. The van der Waals surface area contributed by atoms with Crippen LogP contribution in [0.15, 0.2) is 54.6 Å². The molecular weight excluding hydrogens is 421 g/mol. The lowest BCUT2D eigenvalue weighted by Gasteiger charge is -2.33. The van der Waals surface area contributed by atoms with Crippen molar-refractivity contribution in [2.75, 3.05) is 10.6 Å². The lowest BCUT2D eigenvalue weighted by molar-refractivity contribution is -0.173. The average molecular weight is 444 g/mol. The van der Waals surface area contributed by atoms with E-state index in [0.717, 1.165) is 15.8 Å². The molecule has 6 nitrogen and oxygen atoms in total. The molecule has 0 saturated carbocycles. The zero-order valence-corrected chi connectivity index (χ0v) is 17.5. The predicted octanol–water partition coefficient (Wildman–Crippen LogP) is 5.16. The van der Waals surface area contributed by atoms with E-state index in [-0.39, 0.29) is 17.9 Å². The summed E-state index contributed by atoms with van der Waals surface area (Å²) in [7, 11) is 0. The molecule has 1 aromatic heterocycles. The molecule has 0 aliphatic carbocycles. The molecule has 9 heteroatoms. The van der Waals surface area contributed by atoms with Crippen LogP contribution < -0.4 is 10.6 Å². The van der Waals surface area contributed by atoms with Crippen molar-refractivity contribution in [2.45, 2.75) is 44.6 Å². The van der Waals surface area contributed by atoms with Crippen LogP contribution >= 0.6 is 0 Å². The van der Waals surface area contributed by atoms with Gasteiger partial charge in [0, 0.05) is 18.2 Å². The van der Waals surface area contributed by atoms with E-state index < -0.39 is 30.3 Å². The first-order chi connectivity index (χ1) is 15.1. The van der Waals surface area contributed by atoms with Crippen LogP contribution in [-0.4, -0.2) is 27.0 Å². The number of nitrogens with zero attached hydrogens (tertiary/aromatic N) is 2. The maximum absolute atomic E-state index is 13.8. The van der Waals surface area contributed by atoms with E-state index in [0.29, 0.717) is 11.3 Å². The van der Waals surface area contributed by atoms with Crippen molar-refractivity contribution >= 4 is 17.4 Å². The van der Waals surface area contributed by atoms with Crippen LogP contribution in [0.25, 0.3) is 0 Å². The topological polar surface area (TPSA) is 79.2 Å². The van der Waals surface area contributed by atoms with Gasteiger partial charge in [-0.1, -0.05) is 42.0 Å². The summed E-state index contributed by atoms with van der Waals surface area (Å²) in [6.07, 6.45) is -5.40. The number of carbonyl (C=O) groups is 1. The zero-order chi connectivity index (χ0) is 23.0. The van der Waals surface area contributed by atoms with Gasteiger partial charge in [-0.2, -0.15) is 18.3 Å². The number of halogens is 3. The highest BCUT2D eigenvalue weighted by Crippen LogP contribution is 2.43. The number of aryl methyl sites for hydroxylation is 1. The van der Waals surface area contributed by atoms with Crippen molar-refractivity contribution in [3.05, 3.63) is 77.0 Å². The van der Waals surface area contributed by atoms with Crippen LogP contribution in [0, 0.1) is 6.92 Å². The van der Waals surface area contributed by atoms with Gasteiger partial charge in [-0.05, 0) is 37.1 Å². The Labute approximate surface area is 183 Å². The highest BCUT2D eigenvalue weighted by atomic mass is 19.4. The van der Waals surface area contributed by atoms with Crippen molar-refractivity contribution in [3.63, 3.8) is 0 Å². The summed E-state index contributed by atoms with van der Waals surface area (Å²) in [5, 5.41) is 19.3. The molecule has 1 amide bonds. The van der Waals surface area contributed by atoms with Crippen molar-refractivity contribution < 1.29 is 23.1 Å². The summed E-state index contributed by atoms with van der Waals surface area (Å²) in [6.45, 7) is 3.53. The number of aromatic nitrogens is 2. The first-order valence-electron chi connectivity index (χ1n) is 10.2. The highest BCUT2D eigenvalue weighted by Gasteiger charge is 2.46. The maximum Gasteiger partial charge on any atom is 0.410 e. The van der Waals surface area contributed by atoms with Crippen LogP contribution in [0.1, 0.15) is 58.7 Å². The van der Waals surface area contributed by atoms with Gasteiger partial charge in [0.15, 0.2) is 11.7 Å². The van der Waals surface area contributed by atoms with Gasteiger partial charge in [-0.15, -0.1) is 0 Å². The molecule has 0 bridgehead atoms. The second-order valence-corrected chi connectivity index (χ2v) is 8.01. The second kappa shape index (κ2) is 8.31. The van der Waals surface area contributed by atoms with Crippen LogP contribution in [0.2, 0.25) is 0 Å². The molecule has 1 aliphatic rings. The summed E-state index contributed by atoms with van der Waals surface area (Å²) in [5.41, 5.74) is 2.76. The molecule has 4 rings (SSSR count). The SMILES string of the molecule is Cc1ccc([C@@H]2C[C@@H](C(F)(F)F)n3nc(C(=O)Nc4ccc([C@H](C)O)cc4)cc3N2)cc1.